The first-order valence-electron chi connectivity index (χ1n) is 8.61. The van der Waals surface area contributed by atoms with Gasteiger partial charge in [-0.25, -0.2) is 5.43 Å². The van der Waals surface area contributed by atoms with Crippen molar-refractivity contribution in [2.45, 2.75) is 6.92 Å². The van der Waals surface area contributed by atoms with Crippen molar-refractivity contribution in [3.63, 3.8) is 0 Å². The molecule has 10 heteroatoms. The Morgan fingerprint density at radius 2 is 1.80 bits per heavy atom. The van der Waals surface area contributed by atoms with E-state index in [0.717, 1.165) is 16.9 Å². The van der Waals surface area contributed by atoms with Crippen molar-refractivity contribution in [2.24, 2.45) is 5.10 Å². The molecule has 30 heavy (non-hydrogen) atoms. The summed E-state index contributed by atoms with van der Waals surface area (Å²) in [6, 6.07) is 8.28. The molecule has 6 nitrogen and oxygen atoms in total. The maximum Gasteiger partial charge on any atom is 0.281 e. The van der Waals surface area contributed by atoms with E-state index >= 15 is 0 Å². The third-order valence-electron chi connectivity index (χ3n) is 4.11. The zero-order chi connectivity index (χ0) is 22.0. The van der Waals surface area contributed by atoms with Crippen molar-refractivity contribution >= 4 is 63.4 Å². The highest BCUT2D eigenvalue weighted by Crippen LogP contribution is 2.40. The Kier molecular flexibility index (Phi) is 6.82. The highest BCUT2D eigenvalue weighted by Gasteiger charge is 2.17. The molecule has 0 spiro atoms. The number of hydrogen-bond donors (Lipinski definition) is 2. The average molecular weight is 482 g/mol. The van der Waals surface area contributed by atoms with E-state index in [1.165, 1.54) is 16.2 Å². The third kappa shape index (κ3) is 4.67. The summed E-state index contributed by atoms with van der Waals surface area (Å²) in [6.45, 7) is 1.68. The van der Waals surface area contributed by atoms with E-state index < -0.39 is 5.91 Å². The number of nitrogens with one attached hydrogen (secondary N) is 1. The summed E-state index contributed by atoms with van der Waals surface area (Å²) in [4.78, 5) is 27.2. The second kappa shape index (κ2) is 9.18. The fourth-order valence-corrected chi connectivity index (χ4v) is 4.71. The van der Waals surface area contributed by atoms with Crippen molar-refractivity contribution in [3.8, 4) is 16.2 Å². The van der Waals surface area contributed by atoms with E-state index in [4.69, 9.17) is 23.2 Å². The summed E-state index contributed by atoms with van der Waals surface area (Å²) < 4.78 is 0. The standard InChI is InChI=1S/C20H17Cl2N3O3S2/c1-10(23-24-19(27)15-6-7-16(30-15)20(28)25(2)3)12-9-29-18(17(12)26)11-4-5-13(21)14(22)8-11/h4-9,26H,1-3H3,(H,24,27)/b23-10-. The molecule has 2 N–H and O–H groups in total. The minimum atomic E-state index is -0.434. The number of carbonyl (C=O) groups excluding carboxylic acids is 2. The van der Waals surface area contributed by atoms with Crippen LogP contribution < -0.4 is 5.43 Å². The number of hydrazone groups is 1. The number of halogens is 2. The first-order valence-corrected chi connectivity index (χ1v) is 11.1. The lowest BCUT2D eigenvalue weighted by molar-refractivity contribution is 0.0832. The van der Waals surface area contributed by atoms with Crippen LogP contribution in [-0.4, -0.2) is 41.6 Å². The van der Waals surface area contributed by atoms with Gasteiger partial charge < -0.3 is 10.0 Å². The lowest BCUT2D eigenvalue weighted by Crippen LogP contribution is -2.20. The smallest absolute Gasteiger partial charge is 0.281 e. The Hall–Kier alpha value is -2.39. The molecule has 2 aromatic heterocycles. The van der Waals surface area contributed by atoms with E-state index in [1.807, 2.05) is 0 Å². The van der Waals surface area contributed by atoms with Crippen molar-refractivity contribution in [1.29, 1.82) is 0 Å². The minimum absolute atomic E-state index is 0.0453. The Morgan fingerprint density at radius 1 is 1.10 bits per heavy atom. The molecular formula is C20H17Cl2N3O3S2. The van der Waals surface area contributed by atoms with Crippen LogP contribution in [0.25, 0.3) is 10.4 Å². The first-order chi connectivity index (χ1) is 14.2. The van der Waals surface area contributed by atoms with Gasteiger partial charge in [0.25, 0.3) is 11.8 Å². The predicted octanol–water partition coefficient (Wildman–Crippen LogP) is 5.34. The van der Waals surface area contributed by atoms with Gasteiger partial charge in [0.1, 0.15) is 5.75 Å². The normalized spacial score (nSPS) is 11.4. The van der Waals surface area contributed by atoms with Crippen LogP contribution in [0.4, 0.5) is 0 Å². The van der Waals surface area contributed by atoms with E-state index in [-0.39, 0.29) is 11.7 Å². The lowest BCUT2D eigenvalue weighted by atomic mass is 10.1. The van der Waals surface area contributed by atoms with Crippen LogP contribution in [0.15, 0.2) is 40.8 Å². The van der Waals surface area contributed by atoms with Gasteiger partial charge in [0.15, 0.2) is 0 Å². The molecule has 2 amide bonds. The van der Waals surface area contributed by atoms with Crippen LogP contribution in [0, 0.1) is 0 Å². The molecule has 0 unspecified atom stereocenters. The predicted molar refractivity (Wildman–Crippen MR) is 123 cm³/mol. The quantitative estimate of drug-likeness (QED) is 0.380. The van der Waals surface area contributed by atoms with Gasteiger partial charge in [0.05, 0.1) is 36.0 Å². The number of thiophene rings is 2. The summed E-state index contributed by atoms with van der Waals surface area (Å²) in [6.07, 6.45) is 0. The molecule has 0 atom stereocenters. The molecule has 0 aliphatic carbocycles. The number of amides is 2. The molecule has 2 heterocycles. The number of nitrogens with zero attached hydrogens (tertiary/aromatic N) is 2. The molecule has 0 saturated heterocycles. The summed E-state index contributed by atoms with van der Waals surface area (Å²) in [5.41, 5.74) is 4.12. The Balaban J connectivity index is 1.76. The molecule has 3 aromatic rings. The number of hydrogen-bond acceptors (Lipinski definition) is 6. The molecule has 1 aromatic carbocycles. The Bertz CT molecular complexity index is 1150. The Morgan fingerprint density at radius 3 is 2.47 bits per heavy atom. The topological polar surface area (TPSA) is 82.0 Å². The molecule has 0 bridgehead atoms. The van der Waals surface area contributed by atoms with Gasteiger partial charge in [-0.05, 0) is 36.8 Å². The van der Waals surface area contributed by atoms with Crippen LogP contribution in [0.2, 0.25) is 10.0 Å². The SMILES string of the molecule is C/C(=N/NC(=O)c1ccc(C(=O)N(C)C)s1)c1csc(-c2ccc(Cl)c(Cl)c2)c1O. The lowest BCUT2D eigenvalue weighted by Gasteiger charge is -2.07. The van der Waals surface area contributed by atoms with Crippen molar-refractivity contribution < 1.29 is 14.7 Å². The highest BCUT2D eigenvalue weighted by molar-refractivity contribution is 7.16. The minimum Gasteiger partial charge on any atom is -0.506 e. The second-order valence-electron chi connectivity index (χ2n) is 6.46. The summed E-state index contributed by atoms with van der Waals surface area (Å²) in [7, 11) is 3.30. The van der Waals surface area contributed by atoms with Crippen LogP contribution in [0.3, 0.4) is 0 Å². The maximum absolute atomic E-state index is 12.3. The first kappa shape index (κ1) is 22.3. The van der Waals surface area contributed by atoms with Crippen LogP contribution in [0.1, 0.15) is 31.8 Å². The molecule has 0 aliphatic rings. The van der Waals surface area contributed by atoms with Gasteiger partial charge in [-0.3, -0.25) is 9.59 Å². The van der Waals surface area contributed by atoms with Gasteiger partial charge in [-0.2, -0.15) is 5.10 Å². The molecule has 0 aliphatic heterocycles. The van der Waals surface area contributed by atoms with Gasteiger partial charge in [0, 0.05) is 19.5 Å². The Labute approximate surface area is 191 Å². The number of benzene rings is 1. The third-order valence-corrected chi connectivity index (χ3v) is 6.94. The monoisotopic (exact) mass is 481 g/mol. The maximum atomic E-state index is 12.3. The van der Waals surface area contributed by atoms with Crippen molar-refractivity contribution in [2.75, 3.05) is 14.1 Å². The molecular weight excluding hydrogens is 465 g/mol. The van der Waals surface area contributed by atoms with Gasteiger partial charge in [0.2, 0.25) is 0 Å². The number of rotatable bonds is 5. The summed E-state index contributed by atoms with van der Waals surface area (Å²) >= 11 is 14.4. The van der Waals surface area contributed by atoms with Gasteiger partial charge >= 0.3 is 0 Å². The summed E-state index contributed by atoms with van der Waals surface area (Å²) in [5, 5.41) is 17.3. The van der Waals surface area contributed by atoms with Gasteiger partial charge in [-0.15, -0.1) is 22.7 Å². The second-order valence-corrected chi connectivity index (χ2v) is 9.24. The average Bonchev–Trinajstić information content (AvgIpc) is 3.34. The molecule has 3 rings (SSSR count). The molecule has 156 valence electrons. The van der Waals surface area contributed by atoms with Crippen molar-refractivity contribution in [1.82, 2.24) is 10.3 Å². The van der Waals surface area contributed by atoms with E-state index in [1.54, 1.807) is 56.7 Å². The van der Waals surface area contributed by atoms with Crippen molar-refractivity contribution in [3.05, 3.63) is 61.1 Å². The largest absolute Gasteiger partial charge is 0.506 e. The van der Waals surface area contributed by atoms with Gasteiger partial charge in [-0.1, -0.05) is 29.3 Å². The molecule has 0 radical (unpaired) electrons. The van der Waals surface area contributed by atoms with E-state index in [2.05, 4.69) is 10.5 Å². The van der Waals surface area contributed by atoms with Crippen LogP contribution in [0.5, 0.6) is 5.75 Å². The van der Waals surface area contributed by atoms with Crippen LogP contribution >= 0.6 is 45.9 Å². The number of aromatic hydroxyl groups is 1. The molecule has 0 saturated carbocycles. The zero-order valence-electron chi connectivity index (χ0n) is 16.2. The fourth-order valence-electron chi connectivity index (χ4n) is 2.50. The van der Waals surface area contributed by atoms with E-state index in [0.29, 0.717) is 36.0 Å². The number of carbonyl (C=O) groups is 2. The molecule has 0 fully saturated rings. The fraction of sp³-hybridized carbons (Fsp3) is 0.150. The summed E-state index contributed by atoms with van der Waals surface area (Å²) in [5.74, 6) is -0.558. The highest BCUT2D eigenvalue weighted by atomic mass is 35.5. The van der Waals surface area contributed by atoms with Crippen LogP contribution in [-0.2, 0) is 0 Å². The zero-order valence-corrected chi connectivity index (χ0v) is 19.3. The van der Waals surface area contributed by atoms with E-state index in [9.17, 15) is 14.7 Å².